The van der Waals surface area contributed by atoms with Crippen molar-refractivity contribution in [2.75, 3.05) is 17.8 Å². The van der Waals surface area contributed by atoms with E-state index in [-0.39, 0.29) is 29.0 Å². The monoisotopic (exact) mass is 707 g/mol. The van der Waals surface area contributed by atoms with Crippen LogP contribution < -0.4 is 5.32 Å². The molecule has 2 aromatic heterocycles. The minimum atomic E-state index is -10.1. The Kier molecular flexibility index (Phi) is 8.28. The van der Waals surface area contributed by atoms with Gasteiger partial charge in [0.2, 0.25) is 5.28 Å². The fourth-order valence-corrected chi connectivity index (χ4v) is 7.49. The molecule has 0 aliphatic carbocycles. The van der Waals surface area contributed by atoms with Gasteiger partial charge in [0.05, 0.1) is 24.2 Å². The Balaban J connectivity index is 1.57. The van der Waals surface area contributed by atoms with Crippen molar-refractivity contribution in [2.24, 2.45) is 0 Å². The van der Waals surface area contributed by atoms with Crippen LogP contribution in [0.4, 0.5) is 29.6 Å². The van der Waals surface area contributed by atoms with E-state index in [1.54, 1.807) is 0 Å². The number of aliphatic hydroxyl groups excluding tert-OH is 2. The summed E-state index contributed by atoms with van der Waals surface area (Å²) in [6.45, 7) is 0.398. The molecule has 24 heteroatoms. The van der Waals surface area contributed by atoms with Crippen LogP contribution in [-0.4, -0.2) is 75.5 Å². The summed E-state index contributed by atoms with van der Waals surface area (Å²) in [6, 6.07) is -0.919. The molecule has 43 heavy (non-hydrogen) atoms. The number of aromatic nitrogens is 4. The van der Waals surface area contributed by atoms with Crippen LogP contribution in [0, 0.1) is 5.82 Å². The van der Waals surface area contributed by atoms with Crippen molar-refractivity contribution in [3.05, 3.63) is 41.1 Å². The van der Waals surface area contributed by atoms with Gasteiger partial charge in [0.1, 0.15) is 34.8 Å². The smallest absolute Gasteiger partial charge is 0.340 e. The van der Waals surface area contributed by atoms with Gasteiger partial charge in [-0.1, -0.05) is 25.5 Å². The zero-order valence-corrected chi connectivity index (χ0v) is 24.6. The lowest BCUT2D eigenvalue weighted by Crippen LogP contribution is -2.33. The number of nitrogens with zero attached hydrogens (tertiary/aromatic N) is 4. The molecule has 3 heterocycles. The third-order valence-corrected chi connectivity index (χ3v) is 10.8. The highest BCUT2D eigenvalue weighted by atomic mass is 35.5. The predicted octanol–water partition coefficient (Wildman–Crippen LogP) is 4.41. The average Bonchev–Trinajstić information content (AvgIpc) is 3.35. The molecule has 242 valence electrons. The van der Waals surface area contributed by atoms with Gasteiger partial charge in [-0.25, -0.2) is 9.07 Å². The van der Waals surface area contributed by atoms with Crippen molar-refractivity contribution in [1.29, 1.82) is 0 Å². The van der Waals surface area contributed by atoms with Crippen molar-refractivity contribution < 1.29 is 67.1 Å². The normalized spacial score (nSPS) is 25.2. The molecule has 0 saturated carbocycles. The van der Waals surface area contributed by atoms with Crippen LogP contribution in [0.2, 0.25) is 5.28 Å². The minimum Gasteiger partial charge on any atom is -0.387 e. The maximum Gasteiger partial charge on any atom is 0.340 e. The first kappa shape index (κ1) is 33.9. The summed E-state index contributed by atoms with van der Waals surface area (Å²) >= 11 is 5.99. The number of hydrogen-bond donors (Lipinski definition) is 6. The first-order valence-corrected chi connectivity index (χ1v) is 17.5. The largest absolute Gasteiger partial charge is 0.387 e. The van der Waals surface area contributed by atoms with E-state index >= 15 is 0 Å². The second-order valence-corrected chi connectivity index (χ2v) is 16.2. The Morgan fingerprint density at radius 2 is 1.79 bits per heavy atom. The third kappa shape index (κ3) is 7.80. The maximum absolute atomic E-state index is 14.5. The van der Waals surface area contributed by atoms with E-state index in [1.165, 1.54) is 6.92 Å². The van der Waals surface area contributed by atoms with Gasteiger partial charge in [0, 0.05) is 5.56 Å². The quantitative estimate of drug-likeness (QED) is 0.0982. The lowest BCUT2D eigenvalue weighted by molar-refractivity contribution is -0.0541. The van der Waals surface area contributed by atoms with Crippen LogP contribution >= 0.6 is 37.0 Å². The molecule has 1 fully saturated rings. The van der Waals surface area contributed by atoms with E-state index in [4.69, 9.17) is 26.1 Å². The molecule has 0 spiro atoms. The molecule has 0 amide bonds. The summed E-state index contributed by atoms with van der Waals surface area (Å²) in [6.07, 6.45) is -5.44. The molecule has 0 radical (unpaired) electrons. The number of nitrogens with one attached hydrogen (secondary N) is 1. The summed E-state index contributed by atoms with van der Waals surface area (Å²) in [5.41, 5.74) is -0.597. The van der Waals surface area contributed by atoms with Crippen LogP contribution in [-0.2, 0) is 18.4 Å². The number of anilines is 1. The molecule has 1 saturated heterocycles. The minimum absolute atomic E-state index is 0.0341. The summed E-state index contributed by atoms with van der Waals surface area (Å²) in [5.74, 6) is -3.25. The molecule has 0 bridgehead atoms. The van der Waals surface area contributed by atoms with Gasteiger partial charge in [0.15, 0.2) is 17.8 Å². The molecule has 1 aliphatic heterocycles. The summed E-state index contributed by atoms with van der Waals surface area (Å²) < 4.78 is 114. The molecule has 5 unspecified atom stereocenters. The van der Waals surface area contributed by atoms with Gasteiger partial charge in [-0.2, -0.15) is 15.1 Å². The SMILES string of the molecule is C[C@H](Nc1nc(Cl)nc2c1cnn2C1OC(COP(=O)(O)CP(=O)(O)O)C(O)C1O)c1ccc(S(F)(F)(F)(F)F)cc1F. The number of aliphatic hydroxyl groups is 2. The van der Waals surface area contributed by atoms with E-state index in [2.05, 4.69) is 24.9 Å². The first-order valence-electron chi connectivity index (χ1n) is 11.6. The Morgan fingerprint density at radius 3 is 2.37 bits per heavy atom. The van der Waals surface area contributed by atoms with E-state index in [1.807, 2.05) is 0 Å². The van der Waals surface area contributed by atoms with Crippen molar-refractivity contribution >= 4 is 53.9 Å². The first-order chi connectivity index (χ1) is 19.3. The molecule has 1 aromatic carbocycles. The molecule has 3 aromatic rings. The second kappa shape index (κ2) is 10.5. The molecule has 4 rings (SSSR count). The van der Waals surface area contributed by atoms with Crippen LogP contribution in [0.1, 0.15) is 24.8 Å². The van der Waals surface area contributed by atoms with Crippen molar-refractivity contribution in [3.8, 4) is 0 Å². The Bertz CT molecular complexity index is 1670. The number of halogens is 7. The zero-order chi connectivity index (χ0) is 32.4. The number of ether oxygens (including phenoxy) is 1. The van der Waals surface area contributed by atoms with E-state index in [0.29, 0.717) is 6.07 Å². The fourth-order valence-electron chi connectivity index (χ4n) is 4.11. The highest BCUT2D eigenvalue weighted by molar-refractivity contribution is 8.45. The number of rotatable bonds is 10. The lowest BCUT2D eigenvalue weighted by Gasteiger charge is -2.40. The van der Waals surface area contributed by atoms with Crippen molar-refractivity contribution in [1.82, 2.24) is 19.7 Å². The highest BCUT2D eigenvalue weighted by Gasteiger charge is 2.65. The van der Waals surface area contributed by atoms with Crippen LogP contribution in [0.3, 0.4) is 0 Å². The molecule has 14 nitrogen and oxygen atoms in total. The molecular formula is C19H22ClF6N5O9P2S. The van der Waals surface area contributed by atoms with Gasteiger partial charge in [0.25, 0.3) is 0 Å². The van der Waals surface area contributed by atoms with Gasteiger partial charge in [-0.3, -0.25) is 9.13 Å². The van der Waals surface area contributed by atoms with Crippen LogP contribution in [0.15, 0.2) is 29.3 Å². The summed E-state index contributed by atoms with van der Waals surface area (Å²) in [4.78, 5) is 32.9. The van der Waals surface area contributed by atoms with Gasteiger partial charge in [-0.05, 0) is 30.7 Å². The summed E-state index contributed by atoms with van der Waals surface area (Å²) in [5, 5.41) is 27.2. The molecule has 6 atom stereocenters. The lowest BCUT2D eigenvalue weighted by atomic mass is 10.1. The predicted molar refractivity (Wildman–Crippen MR) is 139 cm³/mol. The van der Waals surface area contributed by atoms with Crippen LogP contribution in [0.5, 0.6) is 0 Å². The molecule has 6 N–H and O–H groups in total. The average molecular weight is 708 g/mol. The van der Waals surface area contributed by atoms with Gasteiger partial charge in [-0.15, -0.1) is 0 Å². The van der Waals surface area contributed by atoms with E-state index in [9.17, 15) is 48.1 Å². The van der Waals surface area contributed by atoms with Crippen LogP contribution in [0.25, 0.3) is 11.0 Å². The van der Waals surface area contributed by atoms with E-state index < -0.39 is 90.1 Å². The number of hydrogen-bond acceptors (Lipinski definition) is 10. The third-order valence-electron chi connectivity index (χ3n) is 6.05. The van der Waals surface area contributed by atoms with E-state index in [0.717, 1.165) is 10.9 Å². The van der Waals surface area contributed by atoms with Crippen molar-refractivity contribution in [2.45, 2.75) is 42.4 Å². The second-order valence-electron chi connectivity index (χ2n) is 9.47. The Morgan fingerprint density at radius 1 is 1.14 bits per heavy atom. The standard InChI is InChI=1S/C19H22ClF6N5O9P2S/c1-8(10-3-2-9(4-12(10)21)43(22,23,24,25)26)28-16-11-5-27-31(17(11)30-19(20)29-16)18-15(33)14(32)13(40-18)6-39-42(37,38)7-41(34,35)36/h2-5,8,13-15,18,32-33H,6-7H2,1H3,(H,37,38)(H,28,29,30)(H2,34,35,36)/t8-,13?,14?,15?,18?/m0/s1. The molecule has 1 aliphatic rings. The van der Waals surface area contributed by atoms with Crippen molar-refractivity contribution in [3.63, 3.8) is 0 Å². The number of fused-ring (bicyclic) bond motifs is 1. The molecular weight excluding hydrogens is 686 g/mol. The Hall–Kier alpha value is -2.03. The van der Waals surface area contributed by atoms with Gasteiger partial charge < -0.3 is 39.5 Å². The summed E-state index contributed by atoms with van der Waals surface area (Å²) in [7, 11) is -19.9. The highest BCUT2D eigenvalue weighted by Crippen LogP contribution is 3.02. The topological polar surface area (TPSA) is 209 Å². The van der Waals surface area contributed by atoms with Gasteiger partial charge >= 0.3 is 25.4 Å². The number of benzene rings is 1. The maximum atomic E-state index is 14.5. The zero-order valence-electron chi connectivity index (χ0n) is 21.2. The Labute approximate surface area is 242 Å². The fraction of sp³-hybridized carbons (Fsp3) is 0.421.